The molecule has 0 N–H and O–H groups in total. The fourth-order valence-electron chi connectivity index (χ4n) is 3.04. The monoisotopic (exact) mass is 438 g/mol. The molecule has 1 aromatic heterocycles. The van der Waals surface area contributed by atoms with E-state index in [1.165, 1.54) is 31.5 Å². The van der Waals surface area contributed by atoms with Crippen LogP contribution in [0.3, 0.4) is 0 Å². The van der Waals surface area contributed by atoms with Crippen LogP contribution in [0.15, 0.2) is 24.5 Å². The second-order valence-corrected chi connectivity index (χ2v) is 8.06. The SMILES string of the molecule is CC(=O)OC[C@H]1O[C@@H]([n+]2cccc(C(=O)OC(C)(C)C)c2)[C@H](OC(C)=O)[C@@H]1OC(C)=O. The first-order valence-corrected chi connectivity index (χ1v) is 9.75. The molecule has 2 heterocycles. The van der Waals surface area contributed by atoms with Crippen molar-refractivity contribution in [3.05, 3.63) is 30.1 Å². The summed E-state index contributed by atoms with van der Waals surface area (Å²) in [4.78, 5) is 47.1. The summed E-state index contributed by atoms with van der Waals surface area (Å²) in [6.45, 7) is 8.69. The maximum absolute atomic E-state index is 12.4. The van der Waals surface area contributed by atoms with E-state index in [-0.39, 0.29) is 12.2 Å². The summed E-state index contributed by atoms with van der Waals surface area (Å²) in [7, 11) is 0. The Morgan fingerprint density at radius 3 is 2.16 bits per heavy atom. The number of hydrogen-bond acceptors (Lipinski definition) is 9. The Hall–Kier alpha value is -3.01. The third-order valence-electron chi connectivity index (χ3n) is 4.09. The van der Waals surface area contributed by atoms with Gasteiger partial charge < -0.3 is 23.7 Å². The topological polar surface area (TPSA) is 118 Å². The Morgan fingerprint density at radius 1 is 1.00 bits per heavy atom. The van der Waals surface area contributed by atoms with Crippen LogP contribution >= 0.6 is 0 Å². The Bertz CT molecular complexity index is 845. The number of carbonyl (C=O) groups is 4. The molecule has 1 aromatic rings. The van der Waals surface area contributed by atoms with Gasteiger partial charge in [-0.15, -0.1) is 0 Å². The van der Waals surface area contributed by atoms with Crippen LogP contribution < -0.4 is 4.57 Å². The molecule has 0 amide bonds. The standard InChI is InChI=1S/C21H28NO9/c1-12(23)27-11-16-17(28-13(2)24)18(29-14(3)25)19(30-16)22-9-7-8-15(10-22)20(26)31-21(4,5)6/h7-10,16-19H,11H2,1-6H3/q+1/t16-,17-,18-,19-/m1/s1. The zero-order valence-electron chi connectivity index (χ0n) is 18.4. The first kappa shape index (κ1) is 24.3. The normalized spacial score (nSPS) is 23.0. The lowest BCUT2D eigenvalue weighted by molar-refractivity contribution is -0.765. The Kier molecular flexibility index (Phi) is 7.72. The highest BCUT2D eigenvalue weighted by molar-refractivity contribution is 5.88. The molecular weight excluding hydrogens is 410 g/mol. The highest BCUT2D eigenvalue weighted by Gasteiger charge is 2.54. The summed E-state index contributed by atoms with van der Waals surface area (Å²) < 4.78 is 28.6. The summed E-state index contributed by atoms with van der Waals surface area (Å²) in [5.41, 5.74) is -0.438. The van der Waals surface area contributed by atoms with Crippen LogP contribution in [0.5, 0.6) is 0 Å². The van der Waals surface area contributed by atoms with Crippen LogP contribution in [0.1, 0.15) is 58.1 Å². The van der Waals surface area contributed by atoms with Crippen molar-refractivity contribution < 1.29 is 47.4 Å². The van der Waals surface area contributed by atoms with Gasteiger partial charge in [0.1, 0.15) is 23.9 Å². The number of esters is 4. The first-order chi connectivity index (χ1) is 14.4. The van der Waals surface area contributed by atoms with Crippen molar-refractivity contribution in [2.75, 3.05) is 6.61 Å². The quantitative estimate of drug-likeness (QED) is 0.367. The molecule has 0 bridgehead atoms. The highest BCUT2D eigenvalue weighted by Crippen LogP contribution is 2.31. The minimum atomic E-state index is -1.04. The van der Waals surface area contributed by atoms with Crippen molar-refractivity contribution in [1.29, 1.82) is 0 Å². The average molecular weight is 438 g/mol. The summed E-state index contributed by atoms with van der Waals surface area (Å²) in [5.74, 6) is -2.33. The number of nitrogens with zero attached hydrogens (tertiary/aromatic N) is 1. The van der Waals surface area contributed by atoms with Gasteiger partial charge in [0.25, 0.3) is 0 Å². The molecule has 10 nitrogen and oxygen atoms in total. The molecule has 0 aliphatic carbocycles. The van der Waals surface area contributed by atoms with Crippen molar-refractivity contribution in [2.24, 2.45) is 0 Å². The van der Waals surface area contributed by atoms with Crippen molar-refractivity contribution in [1.82, 2.24) is 0 Å². The fraction of sp³-hybridized carbons (Fsp3) is 0.571. The molecule has 0 radical (unpaired) electrons. The van der Waals surface area contributed by atoms with Gasteiger partial charge in [-0.25, -0.2) is 4.79 Å². The molecule has 10 heteroatoms. The summed E-state index contributed by atoms with van der Waals surface area (Å²) in [6, 6.07) is 3.17. The molecule has 1 fully saturated rings. The van der Waals surface area contributed by atoms with Gasteiger partial charge in [-0.2, -0.15) is 4.57 Å². The van der Waals surface area contributed by atoms with E-state index >= 15 is 0 Å². The molecule has 0 unspecified atom stereocenters. The Balaban J connectivity index is 2.38. The van der Waals surface area contributed by atoms with Crippen LogP contribution in [-0.2, 0) is 38.1 Å². The van der Waals surface area contributed by atoms with Crippen LogP contribution in [0.2, 0.25) is 0 Å². The first-order valence-electron chi connectivity index (χ1n) is 9.75. The molecular formula is C21H28NO9+. The minimum Gasteiger partial charge on any atom is -0.463 e. The van der Waals surface area contributed by atoms with Crippen molar-refractivity contribution in [3.63, 3.8) is 0 Å². The Morgan fingerprint density at radius 2 is 1.61 bits per heavy atom. The molecule has 2 rings (SSSR count). The van der Waals surface area contributed by atoms with E-state index in [4.69, 9.17) is 23.7 Å². The second-order valence-electron chi connectivity index (χ2n) is 8.06. The van der Waals surface area contributed by atoms with Crippen LogP contribution in [0.4, 0.5) is 0 Å². The van der Waals surface area contributed by atoms with Crippen molar-refractivity contribution in [2.45, 2.75) is 71.7 Å². The van der Waals surface area contributed by atoms with Gasteiger partial charge in [0.15, 0.2) is 18.5 Å². The predicted octanol–water partition coefficient (Wildman–Crippen LogP) is 1.25. The van der Waals surface area contributed by atoms with Gasteiger partial charge in [-0.1, -0.05) is 0 Å². The molecule has 170 valence electrons. The zero-order valence-corrected chi connectivity index (χ0v) is 18.4. The number of rotatable bonds is 6. The number of carbonyl (C=O) groups excluding carboxylic acids is 4. The third-order valence-corrected chi connectivity index (χ3v) is 4.09. The van der Waals surface area contributed by atoms with E-state index in [9.17, 15) is 19.2 Å². The van der Waals surface area contributed by atoms with Gasteiger partial charge in [0.2, 0.25) is 6.10 Å². The van der Waals surface area contributed by atoms with Gasteiger partial charge in [0.05, 0.1) is 0 Å². The molecule has 0 saturated carbocycles. The van der Waals surface area contributed by atoms with Crippen LogP contribution in [0, 0.1) is 0 Å². The third kappa shape index (κ3) is 7.02. The number of pyridine rings is 1. The van der Waals surface area contributed by atoms with Gasteiger partial charge >= 0.3 is 30.1 Å². The van der Waals surface area contributed by atoms with Crippen LogP contribution in [-0.4, -0.2) is 54.4 Å². The van der Waals surface area contributed by atoms with Crippen molar-refractivity contribution >= 4 is 23.9 Å². The van der Waals surface area contributed by atoms with E-state index < -0.39 is 54.0 Å². The summed E-state index contributed by atoms with van der Waals surface area (Å²) in [5, 5.41) is 0. The molecule has 4 atom stereocenters. The highest BCUT2D eigenvalue weighted by atomic mass is 16.7. The van der Waals surface area contributed by atoms with Crippen molar-refractivity contribution in [3.8, 4) is 0 Å². The van der Waals surface area contributed by atoms with E-state index in [0.29, 0.717) is 0 Å². The maximum Gasteiger partial charge on any atom is 0.344 e. The molecule has 1 saturated heterocycles. The number of ether oxygens (including phenoxy) is 5. The Labute approximate surface area is 180 Å². The largest absolute Gasteiger partial charge is 0.463 e. The van der Waals surface area contributed by atoms with E-state index in [1.807, 2.05) is 0 Å². The number of aromatic nitrogens is 1. The summed E-state index contributed by atoms with van der Waals surface area (Å²) in [6.07, 6.45) is -0.817. The second kappa shape index (κ2) is 9.86. The van der Waals surface area contributed by atoms with Gasteiger partial charge in [-0.05, 0) is 26.8 Å². The molecule has 31 heavy (non-hydrogen) atoms. The van der Waals surface area contributed by atoms with Crippen LogP contribution in [0.25, 0.3) is 0 Å². The molecule has 0 aromatic carbocycles. The fourth-order valence-corrected chi connectivity index (χ4v) is 3.04. The van der Waals surface area contributed by atoms with Gasteiger partial charge in [0, 0.05) is 26.8 Å². The lowest BCUT2D eigenvalue weighted by atomic mass is 10.1. The van der Waals surface area contributed by atoms with E-state index in [2.05, 4.69) is 0 Å². The van der Waals surface area contributed by atoms with E-state index in [0.717, 1.165) is 0 Å². The summed E-state index contributed by atoms with van der Waals surface area (Å²) >= 11 is 0. The maximum atomic E-state index is 12.4. The van der Waals surface area contributed by atoms with E-state index in [1.54, 1.807) is 39.1 Å². The minimum absolute atomic E-state index is 0.214. The lowest BCUT2D eigenvalue weighted by Crippen LogP contribution is -2.48. The average Bonchev–Trinajstić information content (AvgIpc) is 2.95. The van der Waals surface area contributed by atoms with Gasteiger partial charge in [-0.3, -0.25) is 14.4 Å². The molecule has 0 spiro atoms. The molecule has 1 aliphatic rings. The molecule has 1 aliphatic heterocycles. The number of hydrogen-bond donors (Lipinski definition) is 0. The lowest BCUT2D eigenvalue weighted by Gasteiger charge is -2.21. The zero-order chi connectivity index (χ0) is 23.3. The predicted molar refractivity (Wildman–Crippen MR) is 103 cm³/mol. The smallest absolute Gasteiger partial charge is 0.344 e.